The molecule has 2 aromatic carbocycles. The average molecular weight is 412 g/mol. The molecule has 0 saturated heterocycles. The van der Waals surface area contributed by atoms with Gasteiger partial charge in [-0.05, 0) is 81.0 Å². The van der Waals surface area contributed by atoms with E-state index in [1.54, 1.807) is 6.21 Å². The van der Waals surface area contributed by atoms with E-state index in [0.717, 1.165) is 47.6 Å². The summed E-state index contributed by atoms with van der Waals surface area (Å²) in [5.41, 5.74) is 3.51. The molecular weight excluding hydrogens is 378 g/mol. The minimum atomic E-state index is 0.395. The Labute approximate surface area is 180 Å². The Balaban J connectivity index is 1.71. The normalized spacial score (nSPS) is 11.2. The summed E-state index contributed by atoms with van der Waals surface area (Å²) >= 11 is 0. The standard InChI is InChI=1S/C25H33NO4/c1-5-6-15-28-24-18-20(2)25(21(3)19-24)30-16-8-7-9-22-10-12-23(13-11-22)29-17-14-26-27-4/h5-6,10-14,18-19H,7-9,15-17H2,1-4H3/b6-5+,26-14?. The van der Waals surface area contributed by atoms with Crippen molar-refractivity contribution in [3.05, 3.63) is 65.2 Å². The Morgan fingerprint density at radius 2 is 1.57 bits per heavy atom. The first-order valence-electron chi connectivity index (χ1n) is 10.4. The molecule has 0 bridgehead atoms. The zero-order valence-electron chi connectivity index (χ0n) is 18.5. The molecule has 5 heteroatoms. The van der Waals surface area contributed by atoms with Crippen LogP contribution in [0.1, 0.15) is 36.5 Å². The van der Waals surface area contributed by atoms with E-state index in [0.29, 0.717) is 19.8 Å². The van der Waals surface area contributed by atoms with E-state index in [2.05, 4.69) is 36.0 Å². The fourth-order valence-corrected chi connectivity index (χ4v) is 3.06. The van der Waals surface area contributed by atoms with Crippen molar-refractivity contribution >= 4 is 6.21 Å². The van der Waals surface area contributed by atoms with Gasteiger partial charge < -0.3 is 19.0 Å². The topological polar surface area (TPSA) is 49.3 Å². The van der Waals surface area contributed by atoms with Crippen LogP contribution >= 0.6 is 0 Å². The van der Waals surface area contributed by atoms with Crippen LogP contribution < -0.4 is 14.2 Å². The van der Waals surface area contributed by atoms with Crippen LogP contribution in [0.3, 0.4) is 0 Å². The molecule has 0 unspecified atom stereocenters. The van der Waals surface area contributed by atoms with E-state index in [1.807, 2.05) is 43.3 Å². The summed E-state index contributed by atoms with van der Waals surface area (Å²) in [4.78, 5) is 4.60. The van der Waals surface area contributed by atoms with Crippen LogP contribution in [0.15, 0.2) is 53.7 Å². The second-order valence-electron chi connectivity index (χ2n) is 7.00. The molecular formula is C25H33NO4. The first kappa shape index (κ1) is 23.3. The molecule has 0 N–H and O–H groups in total. The van der Waals surface area contributed by atoms with E-state index in [1.165, 1.54) is 12.7 Å². The van der Waals surface area contributed by atoms with Crippen molar-refractivity contribution in [3.8, 4) is 17.2 Å². The van der Waals surface area contributed by atoms with E-state index < -0.39 is 0 Å². The molecule has 0 radical (unpaired) electrons. The molecule has 5 nitrogen and oxygen atoms in total. The van der Waals surface area contributed by atoms with Gasteiger partial charge in [0.25, 0.3) is 0 Å². The predicted molar refractivity (Wildman–Crippen MR) is 122 cm³/mol. The van der Waals surface area contributed by atoms with Crippen molar-refractivity contribution in [3.63, 3.8) is 0 Å². The van der Waals surface area contributed by atoms with E-state index in [4.69, 9.17) is 14.2 Å². The van der Waals surface area contributed by atoms with E-state index in [9.17, 15) is 0 Å². The van der Waals surface area contributed by atoms with Crippen LogP contribution in [0.25, 0.3) is 0 Å². The Morgan fingerprint density at radius 3 is 2.23 bits per heavy atom. The maximum atomic E-state index is 6.06. The zero-order valence-corrected chi connectivity index (χ0v) is 18.5. The highest BCUT2D eigenvalue weighted by Crippen LogP contribution is 2.28. The molecule has 0 aliphatic rings. The lowest BCUT2D eigenvalue weighted by atomic mass is 10.1. The summed E-state index contributed by atoms with van der Waals surface area (Å²) in [5, 5.41) is 3.64. The molecule has 2 rings (SSSR count). The first-order chi connectivity index (χ1) is 14.6. The minimum Gasteiger partial charge on any atom is -0.493 e. The number of nitrogens with zero attached hydrogens (tertiary/aromatic N) is 1. The fourth-order valence-electron chi connectivity index (χ4n) is 3.06. The number of oxime groups is 1. The van der Waals surface area contributed by atoms with Crippen molar-refractivity contribution in [2.75, 3.05) is 26.9 Å². The third-order valence-corrected chi connectivity index (χ3v) is 4.55. The molecule has 0 amide bonds. The second-order valence-corrected chi connectivity index (χ2v) is 7.00. The predicted octanol–water partition coefficient (Wildman–Crippen LogP) is 5.67. The van der Waals surface area contributed by atoms with Gasteiger partial charge in [-0.1, -0.05) is 29.4 Å². The lowest BCUT2D eigenvalue weighted by Crippen LogP contribution is -2.03. The largest absolute Gasteiger partial charge is 0.493 e. The molecule has 0 atom stereocenters. The number of benzene rings is 2. The molecule has 0 aliphatic heterocycles. The molecule has 162 valence electrons. The van der Waals surface area contributed by atoms with Gasteiger partial charge in [-0.25, -0.2) is 0 Å². The second kappa shape index (κ2) is 13.3. The van der Waals surface area contributed by atoms with Crippen LogP contribution in [0.2, 0.25) is 0 Å². The summed E-state index contributed by atoms with van der Waals surface area (Å²) < 4.78 is 17.3. The smallest absolute Gasteiger partial charge is 0.127 e. The van der Waals surface area contributed by atoms with Crippen molar-refractivity contribution in [1.29, 1.82) is 0 Å². The number of hydrogen-bond acceptors (Lipinski definition) is 5. The summed E-state index contributed by atoms with van der Waals surface area (Å²) in [6, 6.07) is 12.3. The van der Waals surface area contributed by atoms with Gasteiger partial charge in [0.15, 0.2) is 0 Å². The molecule has 0 fully saturated rings. The average Bonchev–Trinajstić information content (AvgIpc) is 2.74. The van der Waals surface area contributed by atoms with Gasteiger partial charge in [-0.3, -0.25) is 0 Å². The SMILES string of the molecule is C/C=C/COc1cc(C)c(OCCCCc2ccc(OCC=NOC)cc2)c(C)c1. The van der Waals surface area contributed by atoms with Crippen molar-refractivity contribution in [2.24, 2.45) is 5.16 Å². The Hall–Kier alpha value is -2.95. The highest BCUT2D eigenvalue weighted by molar-refractivity contribution is 5.58. The minimum absolute atomic E-state index is 0.395. The third kappa shape index (κ3) is 8.19. The number of ether oxygens (including phenoxy) is 3. The van der Waals surface area contributed by atoms with Crippen LogP contribution in [-0.4, -0.2) is 33.1 Å². The maximum Gasteiger partial charge on any atom is 0.127 e. The highest BCUT2D eigenvalue weighted by Gasteiger charge is 2.07. The molecule has 0 spiro atoms. The number of rotatable bonds is 13. The number of aryl methyl sites for hydroxylation is 3. The van der Waals surface area contributed by atoms with Crippen LogP contribution in [0.4, 0.5) is 0 Å². The zero-order chi connectivity index (χ0) is 21.6. The number of hydrogen-bond donors (Lipinski definition) is 0. The van der Waals surface area contributed by atoms with Gasteiger partial charge in [0.2, 0.25) is 0 Å². The van der Waals surface area contributed by atoms with Gasteiger partial charge >= 0.3 is 0 Å². The summed E-state index contributed by atoms with van der Waals surface area (Å²) in [5.74, 6) is 2.68. The fraction of sp³-hybridized carbons (Fsp3) is 0.400. The van der Waals surface area contributed by atoms with E-state index >= 15 is 0 Å². The molecule has 2 aromatic rings. The Morgan fingerprint density at radius 1 is 0.867 bits per heavy atom. The number of allylic oxidation sites excluding steroid dienone is 1. The first-order valence-corrected chi connectivity index (χ1v) is 10.4. The Bertz CT molecular complexity index is 789. The summed E-state index contributed by atoms with van der Waals surface area (Å²) in [7, 11) is 1.51. The van der Waals surface area contributed by atoms with Gasteiger partial charge in [-0.2, -0.15) is 0 Å². The third-order valence-electron chi connectivity index (χ3n) is 4.55. The quantitative estimate of drug-likeness (QED) is 0.184. The summed E-state index contributed by atoms with van der Waals surface area (Å²) in [6.45, 7) is 7.81. The van der Waals surface area contributed by atoms with Crippen molar-refractivity contribution in [2.45, 2.75) is 40.0 Å². The molecule has 0 aromatic heterocycles. The molecule has 30 heavy (non-hydrogen) atoms. The van der Waals surface area contributed by atoms with Crippen LogP contribution in [0, 0.1) is 13.8 Å². The van der Waals surface area contributed by atoms with Crippen molar-refractivity contribution in [1.82, 2.24) is 0 Å². The van der Waals surface area contributed by atoms with Gasteiger partial charge in [0, 0.05) is 0 Å². The Kier molecular flexibility index (Phi) is 10.3. The summed E-state index contributed by atoms with van der Waals surface area (Å²) in [6.07, 6.45) is 8.66. The maximum absolute atomic E-state index is 6.06. The molecule has 0 heterocycles. The van der Waals surface area contributed by atoms with Gasteiger partial charge in [-0.15, -0.1) is 0 Å². The van der Waals surface area contributed by atoms with Gasteiger partial charge in [0.1, 0.15) is 37.6 Å². The van der Waals surface area contributed by atoms with Crippen LogP contribution in [0.5, 0.6) is 17.2 Å². The monoisotopic (exact) mass is 411 g/mol. The number of unbranched alkanes of at least 4 members (excludes halogenated alkanes) is 1. The lowest BCUT2D eigenvalue weighted by Gasteiger charge is -2.14. The van der Waals surface area contributed by atoms with Crippen LogP contribution in [-0.2, 0) is 11.3 Å². The van der Waals surface area contributed by atoms with Crippen molar-refractivity contribution < 1.29 is 19.0 Å². The molecule has 0 aliphatic carbocycles. The molecule has 0 saturated carbocycles. The lowest BCUT2D eigenvalue weighted by molar-refractivity contribution is 0.212. The van der Waals surface area contributed by atoms with E-state index in [-0.39, 0.29) is 0 Å². The van der Waals surface area contributed by atoms with Gasteiger partial charge in [0.05, 0.1) is 12.8 Å². The highest BCUT2D eigenvalue weighted by atomic mass is 16.6.